The average molecular weight is 360 g/mol. The fourth-order valence-electron chi connectivity index (χ4n) is 4.09. The number of fused-ring (bicyclic) bond motifs is 3. The van der Waals surface area contributed by atoms with Crippen LogP contribution >= 0.6 is 0 Å². The average Bonchev–Trinajstić information content (AvgIpc) is 3.25. The Morgan fingerprint density at radius 3 is 2.65 bits per heavy atom. The minimum Gasteiger partial charge on any atom is -0.349 e. The summed E-state index contributed by atoms with van der Waals surface area (Å²) in [5.74, 6) is 0. The van der Waals surface area contributed by atoms with Crippen LogP contribution in [-0.2, 0) is 19.8 Å². The Balaban J connectivity index is 1.76. The zero-order valence-electron chi connectivity index (χ0n) is 14.6. The standard InChI is InChI=1S/C19H19F3N4/c1-12-13(8-15(10-23)24(12)2)11-26-17-9-14(19(20,21)22)5-6-16(17)25-7-3-4-18(25)26/h5-6,8-9,18H,3-4,7,11H2,1-2H3. The van der Waals surface area contributed by atoms with E-state index in [1.54, 1.807) is 6.07 Å². The number of aromatic nitrogens is 1. The maximum atomic E-state index is 13.2. The predicted molar refractivity (Wildman–Crippen MR) is 92.9 cm³/mol. The molecule has 3 heterocycles. The van der Waals surface area contributed by atoms with Gasteiger partial charge in [0, 0.05) is 25.8 Å². The summed E-state index contributed by atoms with van der Waals surface area (Å²) < 4.78 is 41.4. The number of nitriles is 1. The molecule has 1 aromatic carbocycles. The van der Waals surface area contributed by atoms with E-state index < -0.39 is 11.7 Å². The third kappa shape index (κ3) is 2.44. The third-order valence-corrected chi connectivity index (χ3v) is 5.60. The van der Waals surface area contributed by atoms with Crippen LogP contribution in [0.5, 0.6) is 0 Å². The Morgan fingerprint density at radius 2 is 2.00 bits per heavy atom. The molecule has 0 N–H and O–H groups in total. The van der Waals surface area contributed by atoms with Gasteiger partial charge in [0.1, 0.15) is 17.9 Å². The van der Waals surface area contributed by atoms with Crippen molar-refractivity contribution in [2.24, 2.45) is 7.05 Å². The van der Waals surface area contributed by atoms with E-state index in [9.17, 15) is 18.4 Å². The Labute approximate surface area is 150 Å². The lowest BCUT2D eigenvalue weighted by molar-refractivity contribution is -0.137. The van der Waals surface area contributed by atoms with Crippen LogP contribution in [-0.4, -0.2) is 17.3 Å². The Bertz CT molecular complexity index is 907. The first-order valence-corrected chi connectivity index (χ1v) is 8.61. The molecular formula is C19H19F3N4. The molecule has 0 radical (unpaired) electrons. The summed E-state index contributed by atoms with van der Waals surface area (Å²) in [4.78, 5) is 4.25. The molecule has 2 aromatic rings. The second-order valence-electron chi connectivity index (χ2n) is 6.96. The van der Waals surface area contributed by atoms with Crippen LogP contribution in [0.3, 0.4) is 0 Å². The van der Waals surface area contributed by atoms with Gasteiger partial charge in [0.2, 0.25) is 0 Å². The zero-order valence-corrected chi connectivity index (χ0v) is 14.6. The number of hydrogen-bond acceptors (Lipinski definition) is 3. The molecule has 7 heteroatoms. The van der Waals surface area contributed by atoms with E-state index in [-0.39, 0.29) is 6.17 Å². The third-order valence-electron chi connectivity index (χ3n) is 5.60. The summed E-state index contributed by atoms with van der Waals surface area (Å²) >= 11 is 0. The van der Waals surface area contributed by atoms with Crippen molar-refractivity contribution in [3.8, 4) is 6.07 Å². The van der Waals surface area contributed by atoms with Crippen molar-refractivity contribution in [1.29, 1.82) is 5.26 Å². The highest BCUT2D eigenvalue weighted by atomic mass is 19.4. The maximum Gasteiger partial charge on any atom is 0.416 e. The minimum absolute atomic E-state index is 0.0821. The lowest BCUT2D eigenvalue weighted by Crippen LogP contribution is -2.38. The molecule has 26 heavy (non-hydrogen) atoms. The molecule has 1 atom stereocenters. The van der Waals surface area contributed by atoms with Gasteiger partial charge in [-0.2, -0.15) is 18.4 Å². The van der Waals surface area contributed by atoms with Crippen LogP contribution in [0.25, 0.3) is 0 Å². The van der Waals surface area contributed by atoms with E-state index in [1.807, 2.05) is 24.6 Å². The number of nitrogens with zero attached hydrogens (tertiary/aromatic N) is 4. The van der Waals surface area contributed by atoms with Gasteiger partial charge in [0.25, 0.3) is 0 Å². The van der Waals surface area contributed by atoms with Crippen LogP contribution in [0.15, 0.2) is 24.3 Å². The largest absolute Gasteiger partial charge is 0.416 e. The zero-order chi connectivity index (χ0) is 18.6. The van der Waals surface area contributed by atoms with Gasteiger partial charge in [0.05, 0.1) is 16.9 Å². The summed E-state index contributed by atoms with van der Waals surface area (Å²) in [5.41, 5.74) is 3.38. The van der Waals surface area contributed by atoms with E-state index in [0.29, 0.717) is 17.9 Å². The van der Waals surface area contributed by atoms with Crippen molar-refractivity contribution in [2.45, 2.75) is 38.7 Å². The van der Waals surface area contributed by atoms with Crippen molar-refractivity contribution in [1.82, 2.24) is 4.57 Å². The lowest BCUT2D eigenvalue weighted by atomic mass is 10.1. The van der Waals surface area contributed by atoms with Crippen molar-refractivity contribution in [3.63, 3.8) is 0 Å². The monoisotopic (exact) mass is 360 g/mol. The molecular weight excluding hydrogens is 341 g/mol. The van der Waals surface area contributed by atoms with Gasteiger partial charge in [0.15, 0.2) is 0 Å². The summed E-state index contributed by atoms with van der Waals surface area (Å²) in [6, 6.07) is 8.01. The van der Waals surface area contributed by atoms with Crippen LogP contribution in [0.2, 0.25) is 0 Å². The fraction of sp³-hybridized carbons (Fsp3) is 0.421. The highest BCUT2D eigenvalue weighted by Gasteiger charge is 2.41. The number of hydrogen-bond donors (Lipinski definition) is 0. The smallest absolute Gasteiger partial charge is 0.349 e. The van der Waals surface area contributed by atoms with E-state index >= 15 is 0 Å². The molecule has 1 unspecified atom stereocenters. The molecule has 1 aromatic heterocycles. The predicted octanol–water partition coefficient (Wildman–Crippen LogP) is 4.17. The van der Waals surface area contributed by atoms with Crippen molar-refractivity contribution in [2.75, 3.05) is 16.3 Å². The normalized spacial score (nSPS) is 18.8. The SMILES string of the molecule is Cc1c(CN2c3cc(C(F)(F)F)ccc3N3CCCC32)cc(C#N)n1C. The van der Waals surface area contributed by atoms with Crippen molar-refractivity contribution < 1.29 is 13.2 Å². The first-order valence-electron chi connectivity index (χ1n) is 8.61. The van der Waals surface area contributed by atoms with E-state index in [2.05, 4.69) is 15.9 Å². The molecule has 2 aliphatic heterocycles. The number of benzene rings is 1. The lowest BCUT2D eigenvalue weighted by Gasteiger charge is -2.27. The van der Waals surface area contributed by atoms with Gasteiger partial charge in [-0.3, -0.25) is 0 Å². The number of halogens is 3. The fourth-order valence-corrected chi connectivity index (χ4v) is 4.09. The molecule has 0 bridgehead atoms. The summed E-state index contributed by atoms with van der Waals surface area (Å²) in [6.45, 7) is 3.29. The number of rotatable bonds is 2. The number of anilines is 2. The van der Waals surface area contributed by atoms with Gasteiger partial charge < -0.3 is 14.4 Å². The maximum absolute atomic E-state index is 13.2. The second kappa shape index (κ2) is 5.70. The first-order chi connectivity index (χ1) is 12.3. The van der Waals surface area contributed by atoms with Gasteiger partial charge in [-0.25, -0.2) is 0 Å². The summed E-state index contributed by atoms with van der Waals surface area (Å²) in [6.07, 6.45) is -2.32. The highest BCUT2D eigenvalue weighted by molar-refractivity contribution is 5.79. The van der Waals surface area contributed by atoms with Crippen LogP contribution in [0, 0.1) is 18.3 Å². The highest BCUT2D eigenvalue weighted by Crippen LogP contribution is 2.47. The molecule has 136 valence electrons. The molecule has 4 nitrogen and oxygen atoms in total. The van der Waals surface area contributed by atoms with E-state index in [1.165, 1.54) is 12.1 Å². The van der Waals surface area contributed by atoms with Gasteiger partial charge >= 0.3 is 6.18 Å². The number of alkyl halides is 3. The molecule has 2 aliphatic rings. The molecule has 0 saturated carbocycles. The van der Waals surface area contributed by atoms with Crippen LogP contribution < -0.4 is 9.80 Å². The Hall–Kier alpha value is -2.62. The molecule has 1 saturated heterocycles. The molecule has 0 aliphatic carbocycles. The van der Waals surface area contributed by atoms with Gasteiger partial charge in [-0.1, -0.05) is 0 Å². The first kappa shape index (κ1) is 16.8. The van der Waals surface area contributed by atoms with E-state index in [4.69, 9.17) is 0 Å². The van der Waals surface area contributed by atoms with Crippen molar-refractivity contribution in [3.05, 3.63) is 46.8 Å². The van der Waals surface area contributed by atoms with Gasteiger partial charge in [-0.15, -0.1) is 0 Å². The molecule has 0 amide bonds. The van der Waals surface area contributed by atoms with Crippen LogP contribution in [0.4, 0.5) is 24.5 Å². The van der Waals surface area contributed by atoms with E-state index in [0.717, 1.165) is 36.3 Å². The molecule has 0 spiro atoms. The molecule has 4 rings (SSSR count). The topological polar surface area (TPSA) is 35.2 Å². The minimum atomic E-state index is -4.36. The van der Waals surface area contributed by atoms with Crippen molar-refractivity contribution >= 4 is 11.4 Å². The van der Waals surface area contributed by atoms with Gasteiger partial charge in [-0.05, 0) is 49.6 Å². The quantitative estimate of drug-likeness (QED) is 0.806. The molecule has 1 fully saturated rings. The summed E-state index contributed by atoms with van der Waals surface area (Å²) in [5, 5.41) is 9.23. The van der Waals surface area contributed by atoms with Crippen LogP contribution in [0.1, 0.15) is 35.4 Å². The Kier molecular flexibility index (Phi) is 3.69. The Morgan fingerprint density at radius 1 is 1.23 bits per heavy atom. The summed E-state index contributed by atoms with van der Waals surface area (Å²) in [7, 11) is 1.83. The second-order valence-corrected chi connectivity index (χ2v) is 6.96.